The Labute approximate surface area is 211 Å². The monoisotopic (exact) mass is 511 g/mol. The van der Waals surface area contributed by atoms with Crippen molar-refractivity contribution < 1.29 is 27.9 Å². The van der Waals surface area contributed by atoms with Crippen LogP contribution in [0, 0.1) is 19.7 Å². The summed E-state index contributed by atoms with van der Waals surface area (Å²) < 4.78 is 30.9. The van der Waals surface area contributed by atoms with E-state index in [9.17, 15) is 14.0 Å². The van der Waals surface area contributed by atoms with Crippen molar-refractivity contribution in [3.8, 4) is 5.75 Å². The Morgan fingerprint density at radius 1 is 1.14 bits per heavy atom. The lowest BCUT2D eigenvalue weighted by Gasteiger charge is -2.10. The van der Waals surface area contributed by atoms with Crippen LogP contribution in [0.3, 0.4) is 0 Å². The molecule has 1 amide bonds. The van der Waals surface area contributed by atoms with Crippen molar-refractivity contribution in [3.05, 3.63) is 99.5 Å². The fourth-order valence-corrected chi connectivity index (χ4v) is 3.88. The van der Waals surface area contributed by atoms with E-state index < -0.39 is 17.7 Å². The first-order valence-corrected chi connectivity index (χ1v) is 11.3. The lowest BCUT2D eigenvalue weighted by atomic mass is 10.1. The van der Waals surface area contributed by atoms with Gasteiger partial charge in [-0.1, -0.05) is 29.8 Å². The molecule has 0 saturated heterocycles. The van der Waals surface area contributed by atoms with Crippen LogP contribution in [0.15, 0.2) is 59.0 Å². The van der Waals surface area contributed by atoms with E-state index >= 15 is 0 Å². The van der Waals surface area contributed by atoms with Crippen LogP contribution in [0.1, 0.15) is 43.6 Å². The van der Waals surface area contributed by atoms with Crippen LogP contribution in [-0.2, 0) is 17.9 Å². The molecule has 0 radical (unpaired) electrons. The first-order valence-electron chi connectivity index (χ1n) is 10.9. The van der Waals surface area contributed by atoms with Gasteiger partial charge in [-0.2, -0.15) is 5.10 Å². The largest absolute Gasteiger partial charge is 0.484 e. The summed E-state index contributed by atoms with van der Waals surface area (Å²) in [7, 11) is 1.33. The Balaban J connectivity index is 1.45. The number of nitrogens with one attached hydrogen (secondary N) is 1. The number of rotatable bonds is 8. The second kappa shape index (κ2) is 10.7. The van der Waals surface area contributed by atoms with Crippen molar-refractivity contribution in [2.45, 2.75) is 27.0 Å². The molecule has 0 bridgehead atoms. The quantitative estimate of drug-likeness (QED) is 0.311. The summed E-state index contributed by atoms with van der Waals surface area (Å²) in [6, 6.07) is 14.1. The summed E-state index contributed by atoms with van der Waals surface area (Å²) in [6.45, 7) is 3.93. The molecule has 0 aliphatic rings. The van der Waals surface area contributed by atoms with Gasteiger partial charge in [-0.25, -0.2) is 9.18 Å². The molecule has 0 spiro atoms. The summed E-state index contributed by atoms with van der Waals surface area (Å²) in [5.74, 6) is -0.578. The maximum atomic E-state index is 13.2. The van der Waals surface area contributed by atoms with Crippen molar-refractivity contribution in [2.24, 2.45) is 0 Å². The highest BCUT2D eigenvalue weighted by Crippen LogP contribution is 2.26. The predicted octanol–water partition coefficient (Wildman–Crippen LogP) is 5.55. The molecule has 0 aliphatic heterocycles. The summed E-state index contributed by atoms with van der Waals surface area (Å²) in [5, 5.41) is 7.50. The predicted molar refractivity (Wildman–Crippen MR) is 131 cm³/mol. The lowest BCUT2D eigenvalue weighted by molar-refractivity contribution is 0.0599. The van der Waals surface area contributed by atoms with Crippen LogP contribution in [0.25, 0.3) is 0 Å². The van der Waals surface area contributed by atoms with Gasteiger partial charge < -0.3 is 19.2 Å². The Morgan fingerprint density at radius 2 is 1.92 bits per heavy atom. The van der Waals surface area contributed by atoms with Crippen LogP contribution in [0.2, 0.25) is 5.02 Å². The number of aromatic nitrogens is 2. The molecule has 4 rings (SSSR count). The molecule has 186 valence electrons. The van der Waals surface area contributed by atoms with Crippen molar-refractivity contribution >= 4 is 29.2 Å². The SMILES string of the molecule is COC(=O)c1ccccc1Cn1nc(C)c(NC(=O)c2ccc(COc3ccc(F)cc3Cl)o2)c1C. The molecule has 0 fully saturated rings. The van der Waals surface area contributed by atoms with E-state index in [1.54, 1.807) is 29.8 Å². The van der Waals surface area contributed by atoms with Crippen molar-refractivity contribution in [1.29, 1.82) is 0 Å². The number of amides is 1. The molecule has 36 heavy (non-hydrogen) atoms. The first kappa shape index (κ1) is 25.0. The Hall–Kier alpha value is -4.11. The Morgan fingerprint density at radius 3 is 2.67 bits per heavy atom. The number of methoxy groups -OCH3 is 1. The van der Waals surface area contributed by atoms with Crippen molar-refractivity contribution in [3.63, 3.8) is 0 Å². The van der Waals surface area contributed by atoms with Crippen LogP contribution < -0.4 is 10.1 Å². The number of benzene rings is 2. The van der Waals surface area contributed by atoms with Gasteiger partial charge in [-0.3, -0.25) is 9.48 Å². The lowest BCUT2D eigenvalue weighted by Crippen LogP contribution is -2.13. The minimum Gasteiger partial charge on any atom is -0.484 e. The second-order valence-electron chi connectivity index (χ2n) is 7.94. The molecule has 2 aromatic carbocycles. The zero-order valence-corrected chi connectivity index (χ0v) is 20.6. The molecule has 0 aliphatic carbocycles. The molecular weight excluding hydrogens is 489 g/mol. The molecule has 2 aromatic heterocycles. The van der Waals surface area contributed by atoms with Crippen LogP contribution in [0.5, 0.6) is 5.75 Å². The summed E-state index contributed by atoms with van der Waals surface area (Å²) in [6.07, 6.45) is 0. The van der Waals surface area contributed by atoms with E-state index in [1.807, 2.05) is 19.1 Å². The van der Waals surface area contributed by atoms with Gasteiger partial charge in [-0.05, 0) is 55.8 Å². The fourth-order valence-electron chi connectivity index (χ4n) is 3.65. The van der Waals surface area contributed by atoms with E-state index in [2.05, 4.69) is 10.4 Å². The number of esters is 1. The number of halogens is 2. The highest BCUT2D eigenvalue weighted by Gasteiger charge is 2.19. The third-order valence-corrected chi connectivity index (χ3v) is 5.81. The molecule has 4 aromatic rings. The molecule has 10 heteroatoms. The normalized spacial score (nSPS) is 10.8. The first-order chi connectivity index (χ1) is 17.3. The molecule has 0 unspecified atom stereocenters. The number of hydrogen-bond donors (Lipinski definition) is 1. The topological polar surface area (TPSA) is 95.6 Å². The Kier molecular flexibility index (Phi) is 7.40. The number of carbonyl (C=O) groups excluding carboxylic acids is 2. The number of ether oxygens (including phenoxy) is 2. The molecule has 8 nitrogen and oxygen atoms in total. The van der Waals surface area contributed by atoms with Crippen LogP contribution >= 0.6 is 11.6 Å². The molecule has 2 heterocycles. The van der Waals surface area contributed by atoms with Gasteiger partial charge in [0.15, 0.2) is 5.76 Å². The van der Waals surface area contributed by atoms with E-state index in [4.69, 9.17) is 25.5 Å². The molecular formula is C26H23ClFN3O5. The molecule has 0 saturated carbocycles. The molecule has 1 N–H and O–H groups in total. The number of furan rings is 1. The maximum absolute atomic E-state index is 13.2. The van der Waals surface area contributed by atoms with Gasteiger partial charge in [-0.15, -0.1) is 0 Å². The third kappa shape index (κ3) is 5.41. The standard InChI is InChI=1S/C26H23ClFN3O5/c1-15-24(16(2)31(30-15)13-17-6-4-5-7-20(17)26(33)34-3)29-25(32)23-11-9-19(36-23)14-35-22-10-8-18(28)12-21(22)27/h4-12H,13-14H2,1-3H3,(H,29,32). The smallest absolute Gasteiger partial charge is 0.338 e. The third-order valence-electron chi connectivity index (χ3n) is 5.51. The average Bonchev–Trinajstić information content (AvgIpc) is 3.44. The van der Waals surface area contributed by atoms with Gasteiger partial charge in [0.05, 0.1) is 41.3 Å². The number of anilines is 1. The second-order valence-corrected chi connectivity index (χ2v) is 8.34. The number of aryl methyl sites for hydroxylation is 1. The van der Waals surface area contributed by atoms with Crippen molar-refractivity contribution in [1.82, 2.24) is 9.78 Å². The minimum absolute atomic E-state index is 0.00816. The van der Waals surface area contributed by atoms with Crippen LogP contribution in [0.4, 0.5) is 10.1 Å². The van der Waals surface area contributed by atoms with Crippen LogP contribution in [-0.4, -0.2) is 28.8 Å². The van der Waals surface area contributed by atoms with Gasteiger partial charge in [0, 0.05) is 0 Å². The number of nitrogens with zero attached hydrogens (tertiary/aromatic N) is 2. The average molecular weight is 512 g/mol. The minimum atomic E-state index is -0.467. The zero-order chi connectivity index (χ0) is 25.8. The fraction of sp³-hybridized carbons (Fsp3) is 0.192. The van der Waals surface area contributed by atoms with Gasteiger partial charge in [0.25, 0.3) is 5.91 Å². The van der Waals surface area contributed by atoms with Gasteiger partial charge in [0.1, 0.15) is 23.9 Å². The number of carbonyl (C=O) groups is 2. The Bertz CT molecular complexity index is 1430. The summed E-state index contributed by atoms with van der Waals surface area (Å²) >= 11 is 5.97. The van der Waals surface area contributed by atoms with E-state index in [0.717, 1.165) is 11.6 Å². The zero-order valence-electron chi connectivity index (χ0n) is 19.8. The number of hydrogen-bond acceptors (Lipinski definition) is 6. The van der Waals surface area contributed by atoms with Gasteiger partial charge in [0.2, 0.25) is 0 Å². The summed E-state index contributed by atoms with van der Waals surface area (Å²) in [5.41, 5.74) is 3.05. The van der Waals surface area contributed by atoms with E-state index in [-0.39, 0.29) is 17.4 Å². The maximum Gasteiger partial charge on any atom is 0.338 e. The highest BCUT2D eigenvalue weighted by molar-refractivity contribution is 6.32. The van der Waals surface area contributed by atoms with E-state index in [0.29, 0.717) is 40.7 Å². The summed E-state index contributed by atoms with van der Waals surface area (Å²) in [4.78, 5) is 24.9. The highest BCUT2D eigenvalue weighted by atomic mass is 35.5. The van der Waals surface area contributed by atoms with E-state index in [1.165, 1.54) is 25.3 Å². The van der Waals surface area contributed by atoms with Gasteiger partial charge >= 0.3 is 5.97 Å². The molecule has 0 atom stereocenters. The van der Waals surface area contributed by atoms with Crippen molar-refractivity contribution in [2.75, 3.05) is 12.4 Å².